The predicted molar refractivity (Wildman–Crippen MR) is 77.1 cm³/mol. The van der Waals surface area contributed by atoms with Gasteiger partial charge in [-0.05, 0) is 19.4 Å². The first-order chi connectivity index (χ1) is 9.63. The molecule has 0 aromatic heterocycles. The van der Waals surface area contributed by atoms with E-state index in [1.165, 1.54) is 0 Å². The molecule has 1 aliphatic heterocycles. The molecule has 1 fully saturated rings. The molecule has 2 rings (SSSR count). The van der Waals surface area contributed by atoms with Gasteiger partial charge in [0, 0.05) is 36.7 Å². The minimum atomic E-state index is 0.137. The number of benzene rings is 1. The summed E-state index contributed by atoms with van der Waals surface area (Å²) in [5.41, 5.74) is 1.09. The number of hydrogen-bond acceptors (Lipinski definition) is 4. The highest BCUT2D eigenvalue weighted by Gasteiger charge is 2.21. The fourth-order valence-corrected chi connectivity index (χ4v) is 2.49. The summed E-state index contributed by atoms with van der Waals surface area (Å²) in [5.74, 6) is 1.73. The highest BCUT2D eigenvalue weighted by molar-refractivity contribution is 5.76. The van der Waals surface area contributed by atoms with Gasteiger partial charge in [0.2, 0.25) is 5.91 Å². The first-order valence-electron chi connectivity index (χ1n) is 6.88. The summed E-state index contributed by atoms with van der Waals surface area (Å²) < 4.78 is 10.6. The van der Waals surface area contributed by atoms with E-state index in [1.807, 2.05) is 18.2 Å². The Kier molecular flexibility index (Phi) is 4.84. The molecule has 0 radical (unpaired) electrons. The van der Waals surface area contributed by atoms with Crippen LogP contribution in [-0.4, -0.2) is 32.7 Å². The number of nitrogens with one attached hydrogen (secondary N) is 2. The minimum Gasteiger partial charge on any atom is -0.497 e. The molecule has 5 nitrogen and oxygen atoms in total. The van der Waals surface area contributed by atoms with Crippen LogP contribution in [0.4, 0.5) is 0 Å². The largest absolute Gasteiger partial charge is 0.497 e. The van der Waals surface area contributed by atoms with Crippen LogP contribution in [0, 0.1) is 0 Å². The standard InChI is InChI=1S/C15H22N2O3/c1-10(17-11-4-7-15(18)16-9-11)13-6-5-12(19-2)8-14(13)20-3/h5-6,8,10-11,17H,4,7,9H2,1-3H3,(H,16,18). The van der Waals surface area contributed by atoms with Gasteiger partial charge in [-0.2, -0.15) is 0 Å². The Morgan fingerprint density at radius 3 is 2.75 bits per heavy atom. The number of amides is 1. The highest BCUT2D eigenvalue weighted by atomic mass is 16.5. The van der Waals surface area contributed by atoms with Gasteiger partial charge in [0.15, 0.2) is 0 Å². The summed E-state index contributed by atoms with van der Waals surface area (Å²) in [6, 6.07) is 6.27. The van der Waals surface area contributed by atoms with Crippen LogP contribution in [0.3, 0.4) is 0 Å². The van der Waals surface area contributed by atoms with Crippen molar-refractivity contribution in [2.45, 2.75) is 31.8 Å². The van der Waals surface area contributed by atoms with Crippen molar-refractivity contribution in [3.63, 3.8) is 0 Å². The Morgan fingerprint density at radius 2 is 2.15 bits per heavy atom. The third kappa shape index (κ3) is 3.42. The van der Waals surface area contributed by atoms with Crippen molar-refractivity contribution < 1.29 is 14.3 Å². The molecule has 1 saturated heterocycles. The normalized spacial score (nSPS) is 20.1. The van der Waals surface area contributed by atoms with Crippen LogP contribution in [0.5, 0.6) is 11.5 Å². The Balaban J connectivity index is 2.04. The number of piperidine rings is 1. The molecule has 0 saturated carbocycles. The first-order valence-corrected chi connectivity index (χ1v) is 6.88. The minimum absolute atomic E-state index is 0.137. The smallest absolute Gasteiger partial charge is 0.220 e. The maximum atomic E-state index is 11.2. The Labute approximate surface area is 119 Å². The van der Waals surface area contributed by atoms with Crippen molar-refractivity contribution in [2.24, 2.45) is 0 Å². The average molecular weight is 278 g/mol. The van der Waals surface area contributed by atoms with Crippen molar-refractivity contribution in [3.05, 3.63) is 23.8 Å². The Hall–Kier alpha value is -1.75. The molecule has 2 atom stereocenters. The molecule has 0 spiro atoms. The highest BCUT2D eigenvalue weighted by Crippen LogP contribution is 2.29. The zero-order chi connectivity index (χ0) is 14.5. The number of hydrogen-bond donors (Lipinski definition) is 2. The van der Waals surface area contributed by atoms with E-state index < -0.39 is 0 Å². The van der Waals surface area contributed by atoms with Gasteiger partial charge in [-0.1, -0.05) is 6.07 Å². The van der Waals surface area contributed by atoms with E-state index in [9.17, 15) is 4.79 Å². The van der Waals surface area contributed by atoms with E-state index in [-0.39, 0.29) is 11.9 Å². The van der Waals surface area contributed by atoms with Gasteiger partial charge in [-0.15, -0.1) is 0 Å². The van der Waals surface area contributed by atoms with Crippen LogP contribution >= 0.6 is 0 Å². The number of ether oxygens (including phenoxy) is 2. The van der Waals surface area contributed by atoms with E-state index >= 15 is 0 Å². The van der Waals surface area contributed by atoms with E-state index in [4.69, 9.17) is 9.47 Å². The number of carbonyl (C=O) groups is 1. The molecule has 1 aromatic carbocycles. The lowest BCUT2D eigenvalue weighted by atomic mass is 10.0. The molecular formula is C15H22N2O3. The topological polar surface area (TPSA) is 59.6 Å². The van der Waals surface area contributed by atoms with Crippen LogP contribution in [0.2, 0.25) is 0 Å². The van der Waals surface area contributed by atoms with E-state index in [0.29, 0.717) is 19.0 Å². The Bertz CT molecular complexity index is 466. The molecule has 110 valence electrons. The second-order valence-electron chi connectivity index (χ2n) is 5.04. The molecule has 2 unspecified atom stereocenters. The van der Waals surface area contributed by atoms with Gasteiger partial charge >= 0.3 is 0 Å². The van der Waals surface area contributed by atoms with Crippen LogP contribution in [-0.2, 0) is 4.79 Å². The maximum absolute atomic E-state index is 11.2. The van der Waals surface area contributed by atoms with Crippen LogP contribution in [0.15, 0.2) is 18.2 Å². The predicted octanol–water partition coefficient (Wildman–Crippen LogP) is 1.63. The number of rotatable bonds is 5. The Morgan fingerprint density at radius 1 is 1.35 bits per heavy atom. The lowest BCUT2D eigenvalue weighted by Gasteiger charge is -2.28. The fourth-order valence-electron chi connectivity index (χ4n) is 2.49. The summed E-state index contributed by atoms with van der Waals surface area (Å²) in [4.78, 5) is 11.2. The van der Waals surface area contributed by atoms with Gasteiger partial charge in [-0.3, -0.25) is 4.79 Å². The molecule has 20 heavy (non-hydrogen) atoms. The van der Waals surface area contributed by atoms with Crippen molar-refractivity contribution in [3.8, 4) is 11.5 Å². The van der Waals surface area contributed by atoms with Crippen LogP contribution < -0.4 is 20.1 Å². The summed E-state index contributed by atoms with van der Waals surface area (Å²) >= 11 is 0. The van der Waals surface area contributed by atoms with Crippen LogP contribution in [0.1, 0.15) is 31.4 Å². The summed E-state index contributed by atoms with van der Waals surface area (Å²) in [7, 11) is 3.30. The maximum Gasteiger partial charge on any atom is 0.220 e. The monoisotopic (exact) mass is 278 g/mol. The quantitative estimate of drug-likeness (QED) is 0.859. The molecule has 1 aromatic rings. The van der Waals surface area contributed by atoms with E-state index in [2.05, 4.69) is 17.6 Å². The summed E-state index contributed by atoms with van der Waals surface area (Å²) in [5, 5.41) is 6.42. The lowest BCUT2D eigenvalue weighted by molar-refractivity contribution is -0.122. The summed E-state index contributed by atoms with van der Waals surface area (Å²) in [6.45, 7) is 2.78. The molecule has 5 heteroatoms. The van der Waals surface area contributed by atoms with Gasteiger partial charge < -0.3 is 20.1 Å². The molecule has 0 bridgehead atoms. The SMILES string of the molecule is COc1ccc(C(C)NC2CCC(=O)NC2)c(OC)c1. The lowest BCUT2D eigenvalue weighted by Crippen LogP contribution is -2.46. The zero-order valence-electron chi connectivity index (χ0n) is 12.2. The molecule has 0 aliphatic carbocycles. The van der Waals surface area contributed by atoms with E-state index in [0.717, 1.165) is 23.5 Å². The second kappa shape index (κ2) is 6.61. The van der Waals surface area contributed by atoms with Gasteiger partial charge in [0.05, 0.1) is 14.2 Å². The molecule has 2 N–H and O–H groups in total. The third-order valence-corrected chi connectivity index (χ3v) is 3.66. The van der Waals surface area contributed by atoms with Gasteiger partial charge in [-0.25, -0.2) is 0 Å². The molecule has 1 heterocycles. The second-order valence-corrected chi connectivity index (χ2v) is 5.04. The van der Waals surface area contributed by atoms with E-state index in [1.54, 1.807) is 14.2 Å². The molecule has 1 amide bonds. The van der Waals surface area contributed by atoms with Crippen LogP contribution in [0.25, 0.3) is 0 Å². The first kappa shape index (κ1) is 14.7. The van der Waals surface area contributed by atoms with Crippen molar-refractivity contribution >= 4 is 5.91 Å². The average Bonchev–Trinajstić information content (AvgIpc) is 2.48. The molecular weight excluding hydrogens is 256 g/mol. The number of carbonyl (C=O) groups excluding carboxylic acids is 1. The molecule has 1 aliphatic rings. The third-order valence-electron chi connectivity index (χ3n) is 3.66. The van der Waals surface area contributed by atoms with Crippen molar-refractivity contribution in [2.75, 3.05) is 20.8 Å². The van der Waals surface area contributed by atoms with Gasteiger partial charge in [0.25, 0.3) is 0 Å². The summed E-state index contributed by atoms with van der Waals surface area (Å²) in [6.07, 6.45) is 1.46. The number of methoxy groups -OCH3 is 2. The fraction of sp³-hybridized carbons (Fsp3) is 0.533. The zero-order valence-corrected chi connectivity index (χ0v) is 12.2. The van der Waals surface area contributed by atoms with Crippen molar-refractivity contribution in [1.29, 1.82) is 0 Å². The van der Waals surface area contributed by atoms with Gasteiger partial charge in [0.1, 0.15) is 11.5 Å². The van der Waals surface area contributed by atoms with Crippen molar-refractivity contribution in [1.82, 2.24) is 10.6 Å².